The predicted molar refractivity (Wildman–Crippen MR) is 46.8 cm³/mol. The Morgan fingerprint density at radius 1 is 1.25 bits per heavy atom. The minimum atomic E-state index is -0.674. The molecule has 2 atom stereocenters. The van der Waals surface area contributed by atoms with Crippen molar-refractivity contribution in [3.8, 4) is 0 Å². The highest BCUT2D eigenvalue weighted by Gasteiger charge is 2.21. The van der Waals surface area contributed by atoms with Gasteiger partial charge in [0, 0.05) is 6.04 Å². The maximum atomic E-state index is 10.7. The fourth-order valence-corrected chi connectivity index (χ4v) is 1.80. The Hall–Kier alpha value is -0.570. The highest BCUT2D eigenvalue weighted by Crippen LogP contribution is 2.21. The Balaban J connectivity index is 2.43. The number of hydrogen-bond acceptors (Lipinski definition) is 2. The van der Waals surface area contributed by atoms with E-state index in [0.717, 1.165) is 32.1 Å². The molecular formula is C9H17NO2. The van der Waals surface area contributed by atoms with Crippen LogP contribution in [0.4, 0.5) is 0 Å². The molecule has 12 heavy (non-hydrogen) atoms. The average Bonchev–Trinajstić information content (AvgIpc) is 1.95. The van der Waals surface area contributed by atoms with Gasteiger partial charge < -0.3 is 10.8 Å². The van der Waals surface area contributed by atoms with Gasteiger partial charge in [-0.05, 0) is 19.3 Å². The van der Waals surface area contributed by atoms with Crippen LogP contribution in [-0.2, 0) is 4.79 Å². The topological polar surface area (TPSA) is 63.3 Å². The van der Waals surface area contributed by atoms with Crippen molar-refractivity contribution in [1.29, 1.82) is 0 Å². The largest absolute Gasteiger partial charge is 0.481 e. The van der Waals surface area contributed by atoms with Gasteiger partial charge in [-0.3, -0.25) is 4.79 Å². The predicted octanol–water partition coefficient (Wildman–Crippen LogP) is 1.37. The van der Waals surface area contributed by atoms with Crippen LogP contribution < -0.4 is 5.73 Å². The summed E-state index contributed by atoms with van der Waals surface area (Å²) in [5.41, 5.74) is 5.77. The van der Waals surface area contributed by atoms with E-state index in [9.17, 15) is 4.79 Å². The summed E-state index contributed by atoms with van der Waals surface area (Å²) in [5.74, 6) is -0.868. The Bertz CT molecular complexity index is 159. The molecule has 0 aromatic carbocycles. The van der Waals surface area contributed by atoms with E-state index in [-0.39, 0.29) is 12.0 Å². The van der Waals surface area contributed by atoms with Crippen molar-refractivity contribution in [3.05, 3.63) is 0 Å². The van der Waals surface area contributed by atoms with Crippen molar-refractivity contribution in [2.24, 2.45) is 11.7 Å². The van der Waals surface area contributed by atoms with Gasteiger partial charge in [0.05, 0.1) is 5.92 Å². The highest BCUT2D eigenvalue weighted by molar-refractivity contribution is 5.69. The van der Waals surface area contributed by atoms with Crippen molar-refractivity contribution in [3.63, 3.8) is 0 Å². The first kappa shape index (κ1) is 9.52. The van der Waals surface area contributed by atoms with Crippen molar-refractivity contribution in [1.82, 2.24) is 0 Å². The first-order valence-electron chi connectivity index (χ1n) is 4.68. The van der Waals surface area contributed by atoms with E-state index in [2.05, 4.69) is 0 Å². The highest BCUT2D eigenvalue weighted by atomic mass is 16.4. The summed E-state index contributed by atoms with van der Waals surface area (Å²) in [5, 5.41) is 8.82. The van der Waals surface area contributed by atoms with Gasteiger partial charge in [0.1, 0.15) is 0 Å². The molecule has 0 amide bonds. The first-order chi connectivity index (χ1) is 5.70. The molecule has 0 aromatic rings. The SMILES string of the molecule is NC1CCCCCC(C(=O)O)C1. The van der Waals surface area contributed by atoms with Gasteiger partial charge in [0.2, 0.25) is 0 Å². The summed E-state index contributed by atoms with van der Waals surface area (Å²) in [6, 6.07) is 0.103. The third kappa shape index (κ3) is 2.81. The monoisotopic (exact) mass is 171 g/mol. The van der Waals surface area contributed by atoms with E-state index in [1.54, 1.807) is 0 Å². The van der Waals surface area contributed by atoms with E-state index in [4.69, 9.17) is 10.8 Å². The molecule has 0 saturated heterocycles. The second-order valence-electron chi connectivity index (χ2n) is 3.67. The number of hydrogen-bond donors (Lipinski definition) is 2. The average molecular weight is 171 g/mol. The van der Waals surface area contributed by atoms with Crippen LogP contribution >= 0.6 is 0 Å². The minimum Gasteiger partial charge on any atom is -0.481 e. The molecule has 1 rings (SSSR count). The molecule has 2 unspecified atom stereocenters. The lowest BCUT2D eigenvalue weighted by molar-refractivity contribution is -0.142. The molecule has 1 fully saturated rings. The molecule has 3 N–H and O–H groups in total. The van der Waals surface area contributed by atoms with Gasteiger partial charge in [0.25, 0.3) is 0 Å². The quantitative estimate of drug-likeness (QED) is 0.626. The lowest BCUT2D eigenvalue weighted by Gasteiger charge is -2.20. The van der Waals surface area contributed by atoms with E-state index in [1.165, 1.54) is 0 Å². The molecular weight excluding hydrogens is 154 g/mol. The zero-order chi connectivity index (χ0) is 8.97. The fourth-order valence-electron chi connectivity index (χ4n) is 1.80. The first-order valence-corrected chi connectivity index (χ1v) is 4.68. The van der Waals surface area contributed by atoms with Crippen LogP contribution in [0.1, 0.15) is 38.5 Å². The van der Waals surface area contributed by atoms with E-state index in [0.29, 0.717) is 6.42 Å². The third-order valence-electron chi connectivity index (χ3n) is 2.56. The van der Waals surface area contributed by atoms with Crippen LogP contribution in [-0.4, -0.2) is 17.1 Å². The van der Waals surface area contributed by atoms with E-state index >= 15 is 0 Å². The summed E-state index contributed by atoms with van der Waals surface area (Å²) in [6.45, 7) is 0. The molecule has 0 spiro atoms. The van der Waals surface area contributed by atoms with E-state index in [1.807, 2.05) is 0 Å². The molecule has 1 aliphatic rings. The maximum absolute atomic E-state index is 10.7. The zero-order valence-corrected chi connectivity index (χ0v) is 7.33. The molecule has 0 heterocycles. The van der Waals surface area contributed by atoms with Gasteiger partial charge in [0.15, 0.2) is 0 Å². The third-order valence-corrected chi connectivity index (χ3v) is 2.56. The Morgan fingerprint density at radius 2 is 1.92 bits per heavy atom. The molecule has 0 aromatic heterocycles. The summed E-state index contributed by atoms with van der Waals surface area (Å²) in [7, 11) is 0. The van der Waals surface area contributed by atoms with Gasteiger partial charge in [-0.1, -0.05) is 19.3 Å². The van der Waals surface area contributed by atoms with E-state index < -0.39 is 5.97 Å². The molecule has 1 aliphatic carbocycles. The molecule has 70 valence electrons. The summed E-state index contributed by atoms with van der Waals surface area (Å²) < 4.78 is 0. The lowest BCUT2D eigenvalue weighted by Crippen LogP contribution is -2.28. The van der Waals surface area contributed by atoms with Crippen LogP contribution in [0.5, 0.6) is 0 Å². The molecule has 0 bridgehead atoms. The summed E-state index contributed by atoms with van der Waals surface area (Å²) in [4.78, 5) is 10.7. The van der Waals surface area contributed by atoms with Gasteiger partial charge in [-0.25, -0.2) is 0 Å². The standard InChI is InChI=1S/C9H17NO2/c10-8-5-3-1-2-4-7(6-8)9(11)12/h7-8H,1-6,10H2,(H,11,12). The Labute approximate surface area is 72.9 Å². The number of rotatable bonds is 1. The van der Waals surface area contributed by atoms with Crippen molar-refractivity contribution < 1.29 is 9.90 Å². The molecule has 0 radical (unpaired) electrons. The maximum Gasteiger partial charge on any atom is 0.306 e. The minimum absolute atomic E-state index is 0.103. The van der Waals surface area contributed by atoms with Gasteiger partial charge >= 0.3 is 5.97 Å². The molecule has 0 aliphatic heterocycles. The Morgan fingerprint density at radius 3 is 2.58 bits per heavy atom. The number of carbonyl (C=O) groups is 1. The second-order valence-corrected chi connectivity index (χ2v) is 3.67. The summed E-state index contributed by atoms with van der Waals surface area (Å²) in [6.07, 6.45) is 5.80. The number of carboxylic acids is 1. The normalized spacial score (nSPS) is 32.1. The van der Waals surface area contributed by atoms with Gasteiger partial charge in [-0.15, -0.1) is 0 Å². The van der Waals surface area contributed by atoms with Crippen LogP contribution in [0.15, 0.2) is 0 Å². The zero-order valence-electron chi connectivity index (χ0n) is 7.33. The number of aliphatic carboxylic acids is 1. The van der Waals surface area contributed by atoms with Crippen LogP contribution in [0.2, 0.25) is 0 Å². The molecule has 3 nitrogen and oxygen atoms in total. The van der Waals surface area contributed by atoms with Crippen molar-refractivity contribution in [2.45, 2.75) is 44.6 Å². The van der Waals surface area contributed by atoms with Crippen molar-refractivity contribution in [2.75, 3.05) is 0 Å². The fraction of sp³-hybridized carbons (Fsp3) is 0.889. The Kier molecular flexibility index (Phi) is 3.53. The summed E-state index contributed by atoms with van der Waals surface area (Å²) >= 11 is 0. The van der Waals surface area contributed by atoms with Crippen LogP contribution in [0, 0.1) is 5.92 Å². The van der Waals surface area contributed by atoms with Gasteiger partial charge in [-0.2, -0.15) is 0 Å². The smallest absolute Gasteiger partial charge is 0.306 e. The number of carboxylic acid groups (broad SMARTS) is 1. The molecule has 3 heteroatoms. The number of nitrogens with two attached hydrogens (primary N) is 1. The molecule has 1 saturated carbocycles. The second kappa shape index (κ2) is 4.45. The lowest BCUT2D eigenvalue weighted by atomic mass is 9.89. The van der Waals surface area contributed by atoms with Crippen LogP contribution in [0.25, 0.3) is 0 Å². The van der Waals surface area contributed by atoms with Crippen LogP contribution in [0.3, 0.4) is 0 Å². The van der Waals surface area contributed by atoms with Crippen molar-refractivity contribution >= 4 is 5.97 Å².